The van der Waals surface area contributed by atoms with Gasteiger partial charge in [0, 0.05) is 12.1 Å². The summed E-state index contributed by atoms with van der Waals surface area (Å²) in [6, 6.07) is 7.75. The molecule has 5 nitrogen and oxygen atoms in total. The first-order valence-electron chi connectivity index (χ1n) is 6.91. The second kappa shape index (κ2) is 6.01. The lowest BCUT2D eigenvalue weighted by Crippen LogP contribution is -2.22. The number of nitrogens with zero attached hydrogens (tertiary/aromatic N) is 2. The van der Waals surface area contributed by atoms with Crippen molar-refractivity contribution in [2.75, 3.05) is 0 Å². The molecule has 0 fully saturated rings. The zero-order valence-electron chi connectivity index (χ0n) is 12.2. The third kappa shape index (κ3) is 3.25. The lowest BCUT2D eigenvalue weighted by molar-refractivity contribution is 0.208. The minimum absolute atomic E-state index is 0.706. The number of hydrogen-bond acceptors (Lipinski definition) is 5. The van der Waals surface area contributed by atoms with E-state index in [2.05, 4.69) is 10.1 Å². The molecule has 0 aliphatic rings. The summed E-state index contributed by atoms with van der Waals surface area (Å²) in [5.41, 5.74) is 2.05. The van der Waals surface area contributed by atoms with E-state index in [-0.39, 0.29) is 0 Å². The van der Waals surface area contributed by atoms with E-state index in [1.165, 1.54) is 0 Å². The fourth-order valence-corrected chi connectivity index (χ4v) is 2.36. The van der Waals surface area contributed by atoms with Gasteiger partial charge in [0.1, 0.15) is 17.3 Å². The Morgan fingerprint density at radius 1 is 0.952 bits per heavy atom. The van der Waals surface area contributed by atoms with Crippen LogP contribution in [0.1, 0.15) is 28.5 Å². The van der Waals surface area contributed by atoms with Gasteiger partial charge >= 0.3 is 0 Å². The Labute approximate surface area is 123 Å². The Bertz CT molecular complexity index is 613. The molecule has 3 heterocycles. The molecule has 0 unspecified atom stereocenters. The highest BCUT2D eigenvalue weighted by atomic mass is 16.5. The second-order valence-electron chi connectivity index (χ2n) is 5.11. The lowest BCUT2D eigenvalue weighted by Gasteiger charge is -2.19. The number of aryl methyl sites for hydroxylation is 2. The molecular formula is C16H18N2O3. The monoisotopic (exact) mass is 286 g/mol. The van der Waals surface area contributed by atoms with Crippen molar-refractivity contribution in [3.63, 3.8) is 0 Å². The summed E-state index contributed by atoms with van der Waals surface area (Å²) in [7, 11) is 0. The molecule has 0 atom stereocenters. The van der Waals surface area contributed by atoms with Crippen LogP contribution in [0.15, 0.2) is 50.1 Å². The van der Waals surface area contributed by atoms with Gasteiger partial charge in [0.15, 0.2) is 0 Å². The van der Waals surface area contributed by atoms with E-state index in [4.69, 9.17) is 13.4 Å². The summed E-state index contributed by atoms with van der Waals surface area (Å²) in [6.07, 6.45) is 3.38. The Balaban J connectivity index is 1.78. The van der Waals surface area contributed by atoms with Crippen LogP contribution in [-0.2, 0) is 19.6 Å². The molecule has 0 aliphatic heterocycles. The van der Waals surface area contributed by atoms with E-state index in [1.54, 1.807) is 12.5 Å². The highest BCUT2D eigenvalue weighted by Crippen LogP contribution is 2.19. The molecule has 0 saturated carbocycles. The van der Waals surface area contributed by atoms with E-state index < -0.39 is 0 Å². The standard InChI is InChI=1S/C16H18N2O3/c1-12-16(13(2)21-17-12)11-18(9-14-5-3-7-19-14)10-15-6-4-8-20-15/h3-8H,9-11H2,1-2H3. The van der Waals surface area contributed by atoms with Crippen LogP contribution in [0, 0.1) is 13.8 Å². The Kier molecular flexibility index (Phi) is 3.92. The topological polar surface area (TPSA) is 55.6 Å². The molecule has 110 valence electrons. The molecule has 3 rings (SSSR count). The Hall–Kier alpha value is -2.27. The predicted octanol–water partition coefficient (Wildman–Crippen LogP) is 3.68. The van der Waals surface area contributed by atoms with Gasteiger partial charge in [-0.3, -0.25) is 4.90 Å². The van der Waals surface area contributed by atoms with Gasteiger partial charge in [-0.2, -0.15) is 0 Å². The van der Waals surface area contributed by atoms with Crippen molar-refractivity contribution in [2.45, 2.75) is 33.5 Å². The normalized spacial score (nSPS) is 11.4. The molecule has 3 aromatic heterocycles. The molecule has 0 N–H and O–H groups in total. The fourth-order valence-electron chi connectivity index (χ4n) is 2.36. The third-order valence-electron chi connectivity index (χ3n) is 3.48. The minimum Gasteiger partial charge on any atom is -0.468 e. The quantitative estimate of drug-likeness (QED) is 0.692. The van der Waals surface area contributed by atoms with Crippen molar-refractivity contribution >= 4 is 0 Å². The van der Waals surface area contributed by atoms with Crippen LogP contribution >= 0.6 is 0 Å². The fraction of sp³-hybridized carbons (Fsp3) is 0.312. The second-order valence-corrected chi connectivity index (χ2v) is 5.11. The van der Waals surface area contributed by atoms with Crippen LogP contribution in [-0.4, -0.2) is 10.1 Å². The van der Waals surface area contributed by atoms with Crippen molar-refractivity contribution in [2.24, 2.45) is 0 Å². The summed E-state index contributed by atoms with van der Waals surface area (Å²) in [5, 5.41) is 4.01. The van der Waals surface area contributed by atoms with Gasteiger partial charge in [-0.1, -0.05) is 5.16 Å². The zero-order chi connectivity index (χ0) is 14.7. The van der Waals surface area contributed by atoms with E-state index >= 15 is 0 Å². The van der Waals surface area contributed by atoms with E-state index in [9.17, 15) is 0 Å². The molecule has 21 heavy (non-hydrogen) atoms. The summed E-state index contributed by atoms with van der Waals surface area (Å²) in [6.45, 7) is 6.05. The van der Waals surface area contributed by atoms with Gasteiger partial charge in [0.25, 0.3) is 0 Å². The van der Waals surface area contributed by atoms with E-state index in [1.807, 2.05) is 38.1 Å². The SMILES string of the molecule is Cc1noc(C)c1CN(Cc1ccco1)Cc1ccco1. The molecule has 5 heteroatoms. The van der Waals surface area contributed by atoms with Crippen LogP contribution < -0.4 is 0 Å². The number of furan rings is 2. The van der Waals surface area contributed by atoms with E-state index in [0.29, 0.717) is 13.1 Å². The van der Waals surface area contributed by atoms with E-state index in [0.717, 1.165) is 35.1 Å². The maximum Gasteiger partial charge on any atom is 0.138 e. The number of aromatic nitrogens is 1. The Morgan fingerprint density at radius 2 is 1.57 bits per heavy atom. The average molecular weight is 286 g/mol. The van der Waals surface area contributed by atoms with Gasteiger partial charge in [0.2, 0.25) is 0 Å². The van der Waals surface area contributed by atoms with Gasteiger partial charge < -0.3 is 13.4 Å². The highest BCUT2D eigenvalue weighted by Gasteiger charge is 2.16. The van der Waals surface area contributed by atoms with Gasteiger partial charge in [-0.05, 0) is 38.1 Å². The van der Waals surface area contributed by atoms with Crippen molar-refractivity contribution in [1.29, 1.82) is 0 Å². The predicted molar refractivity (Wildman–Crippen MR) is 76.3 cm³/mol. The Morgan fingerprint density at radius 3 is 2.00 bits per heavy atom. The van der Waals surface area contributed by atoms with Crippen LogP contribution in [0.5, 0.6) is 0 Å². The molecule has 0 aromatic carbocycles. The molecule has 0 bridgehead atoms. The van der Waals surface area contributed by atoms with Gasteiger partial charge in [-0.15, -0.1) is 0 Å². The molecule has 0 radical (unpaired) electrons. The first-order chi connectivity index (χ1) is 10.2. The number of hydrogen-bond donors (Lipinski definition) is 0. The summed E-state index contributed by atoms with van der Waals surface area (Å²) >= 11 is 0. The van der Waals surface area contributed by atoms with Gasteiger partial charge in [-0.25, -0.2) is 0 Å². The molecular weight excluding hydrogens is 268 g/mol. The van der Waals surface area contributed by atoms with Crippen LogP contribution in [0.25, 0.3) is 0 Å². The van der Waals surface area contributed by atoms with Crippen molar-refractivity contribution in [3.05, 3.63) is 65.3 Å². The zero-order valence-corrected chi connectivity index (χ0v) is 12.2. The van der Waals surface area contributed by atoms with Crippen LogP contribution in [0.2, 0.25) is 0 Å². The smallest absolute Gasteiger partial charge is 0.138 e. The van der Waals surface area contributed by atoms with Crippen LogP contribution in [0.3, 0.4) is 0 Å². The maximum atomic E-state index is 5.45. The van der Waals surface area contributed by atoms with Gasteiger partial charge in [0.05, 0.1) is 31.3 Å². The summed E-state index contributed by atoms with van der Waals surface area (Å²) in [4.78, 5) is 2.24. The molecule has 0 aliphatic carbocycles. The third-order valence-corrected chi connectivity index (χ3v) is 3.48. The van der Waals surface area contributed by atoms with Crippen molar-refractivity contribution in [1.82, 2.24) is 10.1 Å². The van der Waals surface area contributed by atoms with Crippen LogP contribution in [0.4, 0.5) is 0 Å². The molecule has 0 spiro atoms. The first kappa shape index (κ1) is 13.7. The molecule has 0 amide bonds. The minimum atomic E-state index is 0.706. The summed E-state index contributed by atoms with van der Waals surface area (Å²) < 4.78 is 16.1. The largest absolute Gasteiger partial charge is 0.468 e. The molecule has 3 aromatic rings. The van der Waals surface area contributed by atoms with Crippen molar-refractivity contribution < 1.29 is 13.4 Å². The number of rotatable bonds is 6. The highest BCUT2D eigenvalue weighted by molar-refractivity contribution is 5.20. The maximum absolute atomic E-state index is 5.45. The lowest BCUT2D eigenvalue weighted by atomic mass is 10.2. The first-order valence-corrected chi connectivity index (χ1v) is 6.91. The van der Waals surface area contributed by atoms with Crippen molar-refractivity contribution in [3.8, 4) is 0 Å². The summed E-state index contributed by atoms with van der Waals surface area (Å²) in [5.74, 6) is 2.71. The average Bonchev–Trinajstić information content (AvgIpc) is 3.19. The molecule has 0 saturated heterocycles.